The molecule has 0 atom stereocenters. The van der Waals surface area contributed by atoms with Gasteiger partial charge in [-0.3, -0.25) is 0 Å². The van der Waals surface area contributed by atoms with Crippen LogP contribution in [0.15, 0.2) is 36.8 Å². The molecule has 0 bridgehead atoms. The number of rotatable bonds is 2. The lowest BCUT2D eigenvalue weighted by Crippen LogP contribution is -2.05. The summed E-state index contributed by atoms with van der Waals surface area (Å²) in [5, 5.41) is 0. The largest absolute Gasteiger partial charge is 0.416 e. The Morgan fingerprint density at radius 1 is 1.11 bits per heavy atom. The van der Waals surface area contributed by atoms with Gasteiger partial charge in [-0.05, 0) is 31.5 Å². The van der Waals surface area contributed by atoms with Crippen molar-refractivity contribution in [1.82, 2.24) is 9.55 Å². The molecule has 2 aromatic rings. The Balaban J connectivity index is 2.38. The van der Waals surface area contributed by atoms with Crippen molar-refractivity contribution in [2.75, 3.05) is 0 Å². The van der Waals surface area contributed by atoms with Crippen LogP contribution < -0.4 is 0 Å². The average Bonchev–Trinajstić information content (AvgIpc) is 2.77. The van der Waals surface area contributed by atoms with Crippen molar-refractivity contribution in [1.29, 1.82) is 0 Å². The van der Waals surface area contributed by atoms with Crippen LogP contribution >= 0.6 is 0 Å². The zero-order valence-electron chi connectivity index (χ0n) is 10.1. The summed E-state index contributed by atoms with van der Waals surface area (Å²) in [7, 11) is 0. The van der Waals surface area contributed by atoms with E-state index in [-0.39, 0.29) is 6.04 Å². The van der Waals surface area contributed by atoms with Crippen molar-refractivity contribution in [3.05, 3.63) is 42.4 Å². The lowest BCUT2D eigenvalue weighted by Gasteiger charge is -2.12. The van der Waals surface area contributed by atoms with E-state index >= 15 is 0 Å². The highest BCUT2D eigenvalue weighted by atomic mass is 19.4. The number of imidazole rings is 1. The highest BCUT2D eigenvalue weighted by Gasteiger charge is 2.30. The first-order chi connectivity index (χ1) is 8.39. The van der Waals surface area contributed by atoms with Gasteiger partial charge in [0.15, 0.2) is 0 Å². The average molecular weight is 254 g/mol. The monoisotopic (exact) mass is 254 g/mol. The van der Waals surface area contributed by atoms with Crippen molar-refractivity contribution >= 4 is 0 Å². The Hall–Kier alpha value is -1.78. The molecule has 18 heavy (non-hydrogen) atoms. The van der Waals surface area contributed by atoms with Gasteiger partial charge in [-0.25, -0.2) is 4.98 Å². The van der Waals surface area contributed by atoms with E-state index in [9.17, 15) is 13.2 Å². The molecule has 1 heterocycles. The van der Waals surface area contributed by atoms with Crippen LogP contribution in [0.3, 0.4) is 0 Å². The number of benzene rings is 1. The predicted octanol–water partition coefficient (Wildman–Crippen LogP) is 4.15. The quantitative estimate of drug-likeness (QED) is 0.787. The molecule has 2 rings (SSSR count). The molecule has 0 aliphatic heterocycles. The van der Waals surface area contributed by atoms with E-state index in [1.165, 1.54) is 12.1 Å². The van der Waals surface area contributed by atoms with E-state index in [0.717, 1.165) is 23.4 Å². The molecule has 0 fully saturated rings. The summed E-state index contributed by atoms with van der Waals surface area (Å²) in [6.07, 6.45) is -0.961. The van der Waals surface area contributed by atoms with Gasteiger partial charge in [-0.1, -0.05) is 12.1 Å². The number of aromatic nitrogens is 2. The first kappa shape index (κ1) is 12.7. The normalized spacial score (nSPS) is 12.1. The highest BCUT2D eigenvalue weighted by molar-refractivity contribution is 5.59. The minimum Gasteiger partial charge on any atom is -0.328 e. The van der Waals surface area contributed by atoms with E-state index in [1.54, 1.807) is 12.5 Å². The standard InChI is InChI=1S/C13H13F3N2/c1-9(2)18-8-17-7-12(18)10-3-5-11(6-4-10)13(14,15)16/h3-9H,1-2H3. The summed E-state index contributed by atoms with van der Waals surface area (Å²) in [5.74, 6) is 0. The molecule has 1 aromatic carbocycles. The van der Waals surface area contributed by atoms with Crippen LogP contribution in [0.4, 0.5) is 13.2 Å². The van der Waals surface area contributed by atoms with Crippen molar-refractivity contribution in [2.24, 2.45) is 0 Å². The molecule has 0 unspecified atom stereocenters. The highest BCUT2D eigenvalue weighted by Crippen LogP contribution is 2.31. The second kappa shape index (κ2) is 4.48. The fourth-order valence-corrected chi connectivity index (χ4v) is 1.77. The molecule has 96 valence electrons. The first-order valence-corrected chi connectivity index (χ1v) is 5.59. The van der Waals surface area contributed by atoms with E-state index in [4.69, 9.17) is 0 Å². The maximum absolute atomic E-state index is 12.5. The molecule has 0 radical (unpaired) electrons. The predicted molar refractivity (Wildman–Crippen MR) is 63.1 cm³/mol. The number of nitrogens with zero attached hydrogens (tertiary/aromatic N) is 2. The summed E-state index contributed by atoms with van der Waals surface area (Å²) >= 11 is 0. The van der Waals surface area contributed by atoms with Gasteiger partial charge in [0, 0.05) is 6.04 Å². The summed E-state index contributed by atoms with van der Waals surface area (Å²) in [6, 6.07) is 5.34. The molecule has 1 aromatic heterocycles. The maximum Gasteiger partial charge on any atom is 0.416 e. The molecule has 0 amide bonds. The van der Waals surface area contributed by atoms with Crippen LogP contribution in [0.5, 0.6) is 0 Å². The van der Waals surface area contributed by atoms with E-state index in [0.29, 0.717) is 0 Å². The lowest BCUT2D eigenvalue weighted by atomic mass is 10.1. The summed E-state index contributed by atoms with van der Waals surface area (Å²) < 4.78 is 39.3. The number of hydrogen-bond acceptors (Lipinski definition) is 1. The van der Waals surface area contributed by atoms with E-state index in [1.807, 2.05) is 18.4 Å². The fourth-order valence-electron chi connectivity index (χ4n) is 1.77. The number of hydrogen-bond donors (Lipinski definition) is 0. The maximum atomic E-state index is 12.5. The van der Waals surface area contributed by atoms with Crippen LogP contribution in [0.2, 0.25) is 0 Å². The van der Waals surface area contributed by atoms with Crippen LogP contribution in [0, 0.1) is 0 Å². The summed E-state index contributed by atoms with van der Waals surface area (Å²) in [5.41, 5.74) is 0.912. The van der Waals surface area contributed by atoms with E-state index < -0.39 is 11.7 Å². The summed E-state index contributed by atoms with van der Waals surface area (Å²) in [6.45, 7) is 3.99. The second-order valence-corrected chi connectivity index (χ2v) is 4.36. The third-order valence-electron chi connectivity index (χ3n) is 2.73. The van der Waals surface area contributed by atoms with Gasteiger partial charge < -0.3 is 4.57 Å². The smallest absolute Gasteiger partial charge is 0.328 e. The minimum absolute atomic E-state index is 0.213. The van der Waals surface area contributed by atoms with Gasteiger partial charge in [-0.15, -0.1) is 0 Å². The van der Waals surface area contributed by atoms with Crippen LogP contribution in [-0.2, 0) is 6.18 Å². The van der Waals surface area contributed by atoms with E-state index in [2.05, 4.69) is 4.98 Å². The van der Waals surface area contributed by atoms with Crippen LogP contribution in [0.1, 0.15) is 25.5 Å². The van der Waals surface area contributed by atoms with Crippen molar-refractivity contribution in [3.8, 4) is 11.3 Å². The van der Waals surface area contributed by atoms with Gasteiger partial charge in [-0.2, -0.15) is 13.2 Å². The van der Waals surface area contributed by atoms with Crippen molar-refractivity contribution in [3.63, 3.8) is 0 Å². The molecule has 2 nitrogen and oxygen atoms in total. The van der Waals surface area contributed by atoms with Gasteiger partial charge in [0.2, 0.25) is 0 Å². The summed E-state index contributed by atoms with van der Waals surface area (Å²) in [4.78, 5) is 4.03. The molecule has 0 aliphatic carbocycles. The third kappa shape index (κ3) is 2.39. The van der Waals surface area contributed by atoms with Crippen molar-refractivity contribution in [2.45, 2.75) is 26.1 Å². The SMILES string of the molecule is CC(C)n1cncc1-c1ccc(C(F)(F)F)cc1. The number of alkyl halides is 3. The Bertz CT molecular complexity index is 524. The second-order valence-electron chi connectivity index (χ2n) is 4.36. The molecule has 0 aliphatic rings. The molecular formula is C13H13F3N2. The molecule has 0 spiro atoms. The first-order valence-electron chi connectivity index (χ1n) is 5.59. The fraction of sp³-hybridized carbons (Fsp3) is 0.308. The van der Waals surface area contributed by atoms with Crippen LogP contribution in [-0.4, -0.2) is 9.55 Å². The minimum atomic E-state index is -4.29. The molecular weight excluding hydrogens is 241 g/mol. The Morgan fingerprint density at radius 3 is 2.22 bits per heavy atom. The zero-order valence-corrected chi connectivity index (χ0v) is 10.1. The third-order valence-corrected chi connectivity index (χ3v) is 2.73. The van der Waals surface area contributed by atoms with Gasteiger partial charge >= 0.3 is 6.18 Å². The van der Waals surface area contributed by atoms with Gasteiger partial charge in [0.1, 0.15) is 0 Å². The van der Waals surface area contributed by atoms with Crippen LogP contribution in [0.25, 0.3) is 11.3 Å². The Labute approximate surface area is 103 Å². The van der Waals surface area contributed by atoms with Gasteiger partial charge in [0.05, 0.1) is 23.8 Å². The Morgan fingerprint density at radius 2 is 1.72 bits per heavy atom. The zero-order chi connectivity index (χ0) is 13.3. The van der Waals surface area contributed by atoms with Crippen molar-refractivity contribution < 1.29 is 13.2 Å². The molecule has 0 saturated heterocycles. The molecule has 5 heteroatoms. The number of halogens is 3. The van der Waals surface area contributed by atoms with Gasteiger partial charge in [0.25, 0.3) is 0 Å². The lowest BCUT2D eigenvalue weighted by molar-refractivity contribution is -0.137. The Kier molecular flexibility index (Phi) is 3.15. The topological polar surface area (TPSA) is 17.8 Å². The molecule has 0 saturated carbocycles. The molecule has 0 N–H and O–H groups in total.